The van der Waals surface area contributed by atoms with Crippen molar-refractivity contribution < 1.29 is 0 Å². The van der Waals surface area contributed by atoms with Crippen molar-refractivity contribution in [3.05, 3.63) is 12.3 Å². The first-order valence-electron chi connectivity index (χ1n) is 5.90. The zero-order valence-corrected chi connectivity index (χ0v) is 9.26. The summed E-state index contributed by atoms with van der Waals surface area (Å²) in [6.45, 7) is 3.29. The van der Waals surface area contributed by atoms with Gasteiger partial charge in [-0.2, -0.15) is 4.98 Å². The van der Waals surface area contributed by atoms with Crippen molar-refractivity contribution in [1.82, 2.24) is 15.3 Å². The monoisotopic (exact) mass is 219 g/mol. The molecule has 86 valence electrons. The third-order valence-corrected chi connectivity index (χ3v) is 3.58. The third kappa shape index (κ3) is 1.71. The second kappa shape index (κ2) is 3.90. The zero-order chi connectivity index (χ0) is 11.0. The van der Waals surface area contributed by atoms with Crippen LogP contribution in [0.4, 0.5) is 11.8 Å². The van der Waals surface area contributed by atoms with Crippen molar-refractivity contribution in [2.24, 2.45) is 5.92 Å². The zero-order valence-electron chi connectivity index (χ0n) is 9.26. The summed E-state index contributed by atoms with van der Waals surface area (Å²) in [5.74, 6) is 2.09. The molecule has 0 radical (unpaired) electrons. The van der Waals surface area contributed by atoms with Gasteiger partial charge in [-0.05, 0) is 31.4 Å². The van der Waals surface area contributed by atoms with E-state index < -0.39 is 0 Å². The lowest BCUT2D eigenvalue weighted by molar-refractivity contribution is 0.340. The van der Waals surface area contributed by atoms with Crippen LogP contribution < -0.4 is 16.0 Å². The van der Waals surface area contributed by atoms with E-state index >= 15 is 0 Å². The van der Waals surface area contributed by atoms with Gasteiger partial charge < -0.3 is 16.0 Å². The maximum Gasteiger partial charge on any atom is 0.221 e. The molecule has 2 aliphatic heterocycles. The third-order valence-electron chi connectivity index (χ3n) is 3.58. The molecule has 2 aliphatic rings. The van der Waals surface area contributed by atoms with E-state index in [2.05, 4.69) is 20.2 Å². The normalized spacial score (nSPS) is 29.1. The first-order chi connectivity index (χ1) is 7.83. The van der Waals surface area contributed by atoms with Crippen molar-refractivity contribution in [3.63, 3.8) is 0 Å². The van der Waals surface area contributed by atoms with E-state index in [-0.39, 0.29) is 0 Å². The molecular formula is C11H17N5. The van der Waals surface area contributed by atoms with Crippen LogP contribution >= 0.6 is 0 Å². The average molecular weight is 219 g/mol. The molecule has 3 N–H and O–H groups in total. The van der Waals surface area contributed by atoms with Gasteiger partial charge in [-0.1, -0.05) is 0 Å². The number of hydrogen-bond donors (Lipinski definition) is 2. The predicted molar refractivity (Wildman–Crippen MR) is 63.2 cm³/mol. The summed E-state index contributed by atoms with van der Waals surface area (Å²) in [5.41, 5.74) is 5.61. The molecule has 2 unspecified atom stereocenters. The van der Waals surface area contributed by atoms with E-state index in [0.29, 0.717) is 12.0 Å². The molecular weight excluding hydrogens is 202 g/mol. The van der Waals surface area contributed by atoms with Crippen LogP contribution in [0.25, 0.3) is 0 Å². The number of fused-ring (bicyclic) bond motifs is 1. The Morgan fingerprint density at radius 3 is 3.19 bits per heavy atom. The maximum absolute atomic E-state index is 5.61. The van der Waals surface area contributed by atoms with Crippen LogP contribution in [0.1, 0.15) is 12.8 Å². The van der Waals surface area contributed by atoms with E-state index in [1.165, 1.54) is 12.8 Å². The van der Waals surface area contributed by atoms with Gasteiger partial charge in [-0.15, -0.1) is 0 Å². The Labute approximate surface area is 95.1 Å². The lowest BCUT2D eigenvalue weighted by atomic mass is 9.94. The lowest BCUT2D eigenvalue weighted by Crippen LogP contribution is -2.40. The van der Waals surface area contributed by atoms with Crippen molar-refractivity contribution >= 4 is 11.8 Å². The molecule has 3 rings (SSSR count). The molecule has 2 atom stereocenters. The second-order valence-electron chi connectivity index (χ2n) is 4.64. The number of anilines is 2. The van der Waals surface area contributed by atoms with Crippen molar-refractivity contribution in [3.8, 4) is 0 Å². The smallest absolute Gasteiger partial charge is 0.221 e. The van der Waals surface area contributed by atoms with Gasteiger partial charge >= 0.3 is 0 Å². The van der Waals surface area contributed by atoms with Crippen LogP contribution in [0.15, 0.2) is 12.3 Å². The van der Waals surface area contributed by atoms with E-state index in [1.807, 2.05) is 6.07 Å². The topological polar surface area (TPSA) is 67.1 Å². The standard InChI is InChI=1S/C11H17N5/c12-11-14-5-3-10(15-11)16-6-8-2-1-4-13-9(8)7-16/h3,5,8-9,13H,1-2,4,6-7H2,(H2,12,14,15). The number of rotatable bonds is 1. The van der Waals surface area contributed by atoms with Crippen LogP contribution in [0.5, 0.6) is 0 Å². The van der Waals surface area contributed by atoms with Crippen molar-refractivity contribution in [2.45, 2.75) is 18.9 Å². The molecule has 16 heavy (non-hydrogen) atoms. The van der Waals surface area contributed by atoms with Gasteiger partial charge in [-0.25, -0.2) is 4.98 Å². The van der Waals surface area contributed by atoms with Gasteiger partial charge in [0.25, 0.3) is 0 Å². The van der Waals surface area contributed by atoms with Gasteiger partial charge in [0, 0.05) is 25.3 Å². The Morgan fingerprint density at radius 2 is 2.38 bits per heavy atom. The molecule has 0 amide bonds. The first-order valence-corrected chi connectivity index (χ1v) is 5.90. The fourth-order valence-corrected chi connectivity index (χ4v) is 2.77. The highest BCUT2D eigenvalue weighted by atomic mass is 15.3. The highest BCUT2D eigenvalue weighted by molar-refractivity contribution is 5.42. The summed E-state index contributed by atoms with van der Waals surface area (Å²) in [5, 5.41) is 3.58. The fraction of sp³-hybridized carbons (Fsp3) is 0.636. The number of aromatic nitrogens is 2. The minimum atomic E-state index is 0.361. The molecule has 5 nitrogen and oxygen atoms in total. The summed E-state index contributed by atoms with van der Waals surface area (Å²) in [6, 6.07) is 2.57. The number of hydrogen-bond acceptors (Lipinski definition) is 5. The average Bonchev–Trinajstić information content (AvgIpc) is 2.72. The second-order valence-corrected chi connectivity index (χ2v) is 4.64. The van der Waals surface area contributed by atoms with Crippen LogP contribution in [-0.2, 0) is 0 Å². The largest absolute Gasteiger partial charge is 0.368 e. The highest BCUT2D eigenvalue weighted by Gasteiger charge is 2.34. The number of nitrogens with two attached hydrogens (primary N) is 1. The predicted octanol–water partition coefficient (Wildman–Crippen LogP) is 0.247. The van der Waals surface area contributed by atoms with Crippen LogP contribution in [-0.4, -0.2) is 35.6 Å². The molecule has 2 saturated heterocycles. The minimum absolute atomic E-state index is 0.361. The Bertz CT molecular complexity index is 366. The number of nitrogen functional groups attached to an aromatic ring is 1. The van der Waals surface area contributed by atoms with E-state index in [0.717, 1.165) is 31.4 Å². The molecule has 0 saturated carbocycles. The maximum atomic E-state index is 5.61. The van der Waals surface area contributed by atoms with Gasteiger partial charge in [0.2, 0.25) is 5.95 Å². The summed E-state index contributed by atoms with van der Waals surface area (Å²) in [6.07, 6.45) is 4.35. The molecule has 0 aromatic carbocycles. The summed E-state index contributed by atoms with van der Waals surface area (Å²) >= 11 is 0. The number of nitrogens with zero attached hydrogens (tertiary/aromatic N) is 3. The SMILES string of the molecule is Nc1nccc(N2CC3CCCNC3C2)n1. The van der Waals surface area contributed by atoms with Crippen LogP contribution in [0.2, 0.25) is 0 Å². The minimum Gasteiger partial charge on any atom is -0.368 e. The molecule has 2 fully saturated rings. The summed E-state index contributed by atoms with van der Waals surface area (Å²) in [4.78, 5) is 10.5. The Balaban J connectivity index is 1.77. The van der Waals surface area contributed by atoms with Crippen LogP contribution in [0, 0.1) is 5.92 Å². The molecule has 3 heterocycles. The molecule has 0 bridgehead atoms. The van der Waals surface area contributed by atoms with Crippen molar-refractivity contribution in [2.75, 3.05) is 30.3 Å². The quantitative estimate of drug-likeness (QED) is 0.708. The summed E-state index contributed by atoms with van der Waals surface area (Å²) < 4.78 is 0. The van der Waals surface area contributed by atoms with Crippen LogP contribution in [0.3, 0.4) is 0 Å². The lowest BCUT2D eigenvalue weighted by Gasteiger charge is -2.24. The first kappa shape index (κ1) is 9.84. The highest BCUT2D eigenvalue weighted by Crippen LogP contribution is 2.27. The van der Waals surface area contributed by atoms with Gasteiger partial charge in [-0.3, -0.25) is 0 Å². The summed E-state index contributed by atoms with van der Waals surface area (Å²) in [7, 11) is 0. The number of piperidine rings is 1. The molecule has 1 aromatic heterocycles. The number of nitrogens with one attached hydrogen (secondary N) is 1. The van der Waals surface area contributed by atoms with Gasteiger partial charge in [0.05, 0.1) is 0 Å². The van der Waals surface area contributed by atoms with E-state index in [1.54, 1.807) is 6.20 Å². The van der Waals surface area contributed by atoms with E-state index in [4.69, 9.17) is 5.73 Å². The Morgan fingerprint density at radius 1 is 1.44 bits per heavy atom. The molecule has 0 aliphatic carbocycles. The molecule has 1 aromatic rings. The Hall–Kier alpha value is -1.36. The Kier molecular flexibility index (Phi) is 2.40. The molecule has 0 spiro atoms. The van der Waals surface area contributed by atoms with Crippen molar-refractivity contribution in [1.29, 1.82) is 0 Å². The fourth-order valence-electron chi connectivity index (χ4n) is 2.77. The van der Waals surface area contributed by atoms with E-state index in [9.17, 15) is 0 Å². The van der Waals surface area contributed by atoms with Gasteiger partial charge in [0.15, 0.2) is 0 Å². The van der Waals surface area contributed by atoms with Gasteiger partial charge in [0.1, 0.15) is 5.82 Å². The molecule has 5 heteroatoms.